The van der Waals surface area contributed by atoms with Crippen LogP contribution in [0.1, 0.15) is 0 Å². The number of azo groups is 1. The Morgan fingerprint density at radius 3 is 2.59 bits per heavy atom. The van der Waals surface area contributed by atoms with E-state index in [-0.39, 0.29) is 5.69 Å². The van der Waals surface area contributed by atoms with Crippen LogP contribution in [0.25, 0.3) is 11.3 Å². The summed E-state index contributed by atoms with van der Waals surface area (Å²) >= 11 is 9.30. The van der Waals surface area contributed by atoms with Gasteiger partial charge in [0, 0.05) is 10.0 Å². The highest BCUT2D eigenvalue weighted by Gasteiger charge is 2.13. The van der Waals surface area contributed by atoms with E-state index in [1.807, 2.05) is 30.3 Å². The average Bonchev–Trinajstić information content (AvgIpc) is 2.90. The molecule has 1 aromatic heterocycles. The van der Waals surface area contributed by atoms with E-state index in [9.17, 15) is 4.79 Å². The van der Waals surface area contributed by atoms with Gasteiger partial charge in [0.2, 0.25) is 0 Å². The molecule has 0 bridgehead atoms. The fourth-order valence-electron chi connectivity index (χ4n) is 1.84. The van der Waals surface area contributed by atoms with Gasteiger partial charge in [-0.15, -0.1) is 5.11 Å². The van der Waals surface area contributed by atoms with Crippen LogP contribution < -0.4 is 5.63 Å². The Kier molecular flexibility index (Phi) is 4.22. The Hall–Kier alpha value is -2.18. The second-order valence-electron chi connectivity index (χ2n) is 4.38. The van der Waals surface area contributed by atoms with Gasteiger partial charge in [-0.1, -0.05) is 41.9 Å². The van der Waals surface area contributed by atoms with E-state index in [0.29, 0.717) is 16.4 Å². The predicted molar refractivity (Wildman–Crippen MR) is 88.1 cm³/mol. The number of aromatic nitrogens is 1. The molecule has 2 aromatic carbocycles. The van der Waals surface area contributed by atoms with E-state index in [4.69, 9.17) is 16.1 Å². The summed E-state index contributed by atoms with van der Waals surface area (Å²) in [5.74, 6) is 0. The number of nitrogens with zero attached hydrogens (tertiary/aromatic N) is 2. The lowest BCUT2D eigenvalue weighted by Gasteiger charge is -1.98. The van der Waals surface area contributed by atoms with E-state index in [1.165, 1.54) is 0 Å². The monoisotopic (exact) mass is 377 g/mol. The van der Waals surface area contributed by atoms with Crippen LogP contribution in [-0.2, 0) is 0 Å². The molecule has 22 heavy (non-hydrogen) atoms. The zero-order valence-corrected chi connectivity index (χ0v) is 13.4. The molecule has 110 valence electrons. The molecule has 0 saturated heterocycles. The van der Waals surface area contributed by atoms with E-state index >= 15 is 0 Å². The number of benzene rings is 2. The van der Waals surface area contributed by atoms with Gasteiger partial charge in [-0.25, -0.2) is 9.95 Å². The summed E-state index contributed by atoms with van der Waals surface area (Å²) in [5.41, 5.74) is 1.34. The normalized spacial score (nSPS) is 11.2. The van der Waals surface area contributed by atoms with Crippen molar-refractivity contribution in [3.8, 4) is 11.3 Å². The molecule has 1 N–H and O–H groups in total. The second-order valence-corrected chi connectivity index (χ2v) is 5.64. The summed E-state index contributed by atoms with van der Waals surface area (Å²) in [6, 6.07) is 14.4. The maximum atomic E-state index is 11.8. The minimum Gasteiger partial charge on any atom is -0.336 e. The van der Waals surface area contributed by atoms with Crippen LogP contribution in [0, 0.1) is 0 Å². The number of halogens is 2. The molecular formula is C15H9BrClN3O2. The third kappa shape index (κ3) is 3.03. The van der Waals surface area contributed by atoms with Gasteiger partial charge in [-0.3, -0.25) is 0 Å². The van der Waals surface area contributed by atoms with Crippen LogP contribution in [-0.4, -0.2) is 5.16 Å². The van der Waals surface area contributed by atoms with Crippen molar-refractivity contribution in [1.82, 2.24) is 5.16 Å². The van der Waals surface area contributed by atoms with Gasteiger partial charge in [0.05, 0.1) is 10.7 Å². The molecule has 0 fully saturated rings. The Morgan fingerprint density at radius 1 is 1.09 bits per heavy atom. The molecule has 0 aliphatic heterocycles. The maximum Gasteiger partial charge on any atom is 0.385 e. The highest BCUT2D eigenvalue weighted by molar-refractivity contribution is 9.10. The SMILES string of the molecule is O=c1o[nH]c(-c2ccccc2)c1N=Nc1ccc(Br)c(Cl)c1. The molecular weight excluding hydrogens is 370 g/mol. The largest absolute Gasteiger partial charge is 0.385 e. The third-order valence-electron chi connectivity index (χ3n) is 2.91. The van der Waals surface area contributed by atoms with E-state index in [1.54, 1.807) is 18.2 Å². The first-order chi connectivity index (χ1) is 10.6. The lowest BCUT2D eigenvalue weighted by Crippen LogP contribution is -1.90. The lowest BCUT2D eigenvalue weighted by molar-refractivity contribution is 0.394. The number of rotatable bonds is 3. The van der Waals surface area contributed by atoms with Gasteiger partial charge in [0.1, 0.15) is 5.69 Å². The zero-order chi connectivity index (χ0) is 15.5. The van der Waals surface area contributed by atoms with E-state index in [0.717, 1.165) is 10.0 Å². The number of H-pyrrole nitrogens is 1. The quantitative estimate of drug-likeness (QED) is 0.614. The van der Waals surface area contributed by atoms with Gasteiger partial charge in [-0.05, 0) is 34.1 Å². The van der Waals surface area contributed by atoms with E-state index in [2.05, 4.69) is 31.3 Å². The molecule has 3 rings (SSSR count). The van der Waals surface area contributed by atoms with Crippen molar-refractivity contribution in [2.45, 2.75) is 0 Å². The lowest BCUT2D eigenvalue weighted by atomic mass is 10.1. The highest BCUT2D eigenvalue weighted by Crippen LogP contribution is 2.30. The van der Waals surface area contributed by atoms with Gasteiger partial charge in [0.25, 0.3) is 0 Å². The topological polar surface area (TPSA) is 70.7 Å². The third-order valence-corrected chi connectivity index (χ3v) is 4.14. The predicted octanol–water partition coefficient (Wildman–Crippen LogP) is 5.47. The Morgan fingerprint density at radius 2 is 1.86 bits per heavy atom. The van der Waals surface area contributed by atoms with E-state index < -0.39 is 5.63 Å². The van der Waals surface area contributed by atoms with Gasteiger partial charge in [-0.2, -0.15) is 5.11 Å². The molecule has 0 aliphatic rings. The fraction of sp³-hybridized carbons (Fsp3) is 0. The molecule has 0 amide bonds. The summed E-state index contributed by atoms with van der Waals surface area (Å²) in [6.45, 7) is 0. The molecule has 7 heteroatoms. The summed E-state index contributed by atoms with van der Waals surface area (Å²) in [7, 11) is 0. The van der Waals surface area contributed by atoms with Crippen molar-refractivity contribution >= 4 is 38.9 Å². The first-order valence-electron chi connectivity index (χ1n) is 6.29. The molecule has 3 aromatic rings. The minimum atomic E-state index is -0.578. The summed E-state index contributed by atoms with van der Waals surface area (Å²) < 4.78 is 5.58. The highest BCUT2D eigenvalue weighted by atomic mass is 79.9. The smallest absolute Gasteiger partial charge is 0.336 e. The second kappa shape index (κ2) is 6.29. The van der Waals surface area contributed by atoms with Crippen LogP contribution in [0.5, 0.6) is 0 Å². The molecule has 0 aliphatic carbocycles. The van der Waals surface area contributed by atoms with Gasteiger partial charge >= 0.3 is 5.63 Å². The first kappa shape index (κ1) is 14.7. The molecule has 1 heterocycles. The Bertz CT molecular complexity index is 887. The summed E-state index contributed by atoms with van der Waals surface area (Å²) in [5, 5.41) is 11.1. The van der Waals surface area contributed by atoms with Crippen LogP contribution in [0.15, 0.2) is 72.5 Å². The molecule has 0 saturated carbocycles. The molecule has 0 unspecified atom stereocenters. The van der Waals surface area contributed by atoms with Crippen molar-refractivity contribution in [3.05, 3.63) is 68.4 Å². The van der Waals surface area contributed by atoms with Crippen molar-refractivity contribution in [2.75, 3.05) is 0 Å². The molecule has 5 nitrogen and oxygen atoms in total. The molecule has 0 spiro atoms. The van der Waals surface area contributed by atoms with Crippen molar-refractivity contribution in [1.29, 1.82) is 0 Å². The Labute approximate surface area is 138 Å². The number of nitrogens with one attached hydrogen (secondary N) is 1. The first-order valence-corrected chi connectivity index (χ1v) is 7.46. The molecule has 0 atom stereocenters. The maximum absolute atomic E-state index is 11.8. The van der Waals surface area contributed by atoms with Crippen LogP contribution in [0.2, 0.25) is 5.02 Å². The molecule has 0 radical (unpaired) electrons. The van der Waals surface area contributed by atoms with Crippen molar-refractivity contribution < 1.29 is 4.52 Å². The van der Waals surface area contributed by atoms with Crippen LogP contribution in [0.4, 0.5) is 11.4 Å². The van der Waals surface area contributed by atoms with Gasteiger partial charge in [0.15, 0.2) is 5.69 Å². The van der Waals surface area contributed by atoms with Gasteiger partial charge < -0.3 is 4.52 Å². The number of hydrogen-bond acceptors (Lipinski definition) is 4. The Balaban J connectivity index is 1.99. The standard InChI is InChI=1S/C15H9BrClN3O2/c16-11-7-6-10(8-12(11)17)18-19-14-13(20-22-15(14)21)9-4-2-1-3-5-9/h1-8,20H. The van der Waals surface area contributed by atoms with Crippen molar-refractivity contribution in [3.63, 3.8) is 0 Å². The summed E-state index contributed by atoms with van der Waals surface area (Å²) in [6.07, 6.45) is 0. The minimum absolute atomic E-state index is 0.116. The van der Waals surface area contributed by atoms with Crippen LogP contribution in [0.3, 0.4) is 0 Å². The number of aromatic amines is 1. The van der Waals surface area contributed by atoms with Crippen molar-refractivity contribution in [2.24, 2.45) is 10.2 Å². The summed E-state index contributed by atoms with van der Waals surface area (Å²) in [4.78, 5) is 11.8. The fourth-order valence-corrected chi connectivity index (χ4v) is 2.26. The average molecular weight is 379 g/mol. The zero-order valence-electron chi connectivity index (χ0n) is 11.1. The number of hydrogen-bond donors (Lipinski definition) is 1. The van der Waals surface area contributed by atoms with Crippen LogP contribution >= 0.6 is 27.5 Å².